The molecule has 0 unspecified atom stereocenters. The van der Waals surface area contributed by atoms with Gasteiger partial charge in [-0.3, -0.25) is 14.7 Å². The molecule has 0 atom stereocenters. The smallest absolute Gasteiger partial charge is 0.253 e. The zero-order valence-corrected chi connectivity index (χ0v) is 16.9. The van der Waals surface area contributed by atoms with Gasteiger partial charge in [0, 0.05) is 50.5 Å². The topological polar surface area (TPSA) is 71.7 Å². The molecule has 0 radical (unpaired) electrons. The number of carbonyl (C=O) groups is 1. The molecule has 0 spiro atoms. The third-order valence-electron chi connectivity index (χ3n) is 5.88. The molecule has 0 aliphatic carbocycles. The van der Waals surface area contributed by atoms with Crippen LogP contribution in [0.2, 0.25) is 0 Å². The zero-order chi connectivity index (χ0) is 20.1. The van der Waals surface area contributed by atoms with Gasteiger partial charge >= 0.3 is 0 Å². The summed E-state index contributed by atoms with van der Waals surface area (Å²) in [6, 6.07) is 13.9. The van der Waals surface area contributed by atoms with Crippen molar-refractivity contribution in [3.05, 3.63) is 59.9 Å². The first kappa shape index (κ1) is 19.9. The van der Waals surface area contributed by atoms with Gasteiger partial charge < -0.3 is 15.4 Å². The SMILES string of the molecule is NC1CCN(C(=O)c2ccc(OC3CCN(Cc4ccccn4)CC3)cc2)CC1. The molecule has 2 saturated heterocycles. The zero-order valence-electron chi connectivity index (χ0n) is 16.9. The van der Waals surface area contributed by atoms with E-state index >= 15 is 0 Å². The van der Waals surface area contributed by atoms with Crippen LogP contribution in [0.3, 0.4) is 0 Å². The van der Waals surface area contributed by atoms with Crippen molar-refractivity contribution in [2.45, 2.75) is 44.4 Å². The van der Waals surface area contributed by atoms with Gasteiger partial charge in [-0.25, -0.2) is 0 Å². The van der Waals surface area contributed by atoms with E-state index in [2.05, 4.69) is 16.0 Å². The van der Waals surface area contributed by atoms with Crippen molar-refractivity contribution in [1.29, 1.82) is 0 Å². The molecule has 154 valence electrons. The molecule has 4 rings (SSSR count). The van der Waals surface area contributed by atoms with Crippen LogP contribution >= 0.6 is 0 Å². The van der Waals surface area contributed by atoms with E-state index in [1.165, 1.54) is 0 Å². The minimum Gasteiger partial charge on any atom is -0.490 e. The molecule has 1 aromatic heterocycles. The Hall–Kier alpha value is -2.44. The summed E-state index contributed by atoms with van der Waals surface area (Å²) in [5.74, 6) is 0.927. The van der Waals surface area contributed by atoms with Crippen LogP contribution in [0.5, 0.6) is 5.75 Å². The highest BCUT2D eigenvalue weighted by Gasteiger charge is 2.23. The first-order valence-electron chi connectivity index (χ1n) is 10.6. The van der Waals surface area contributed by atoms with E-state index in [0.717, 1.165) is 75.4 Å². The normalized spacial score (nSPS) is 19.3. The summed E-state index contributed by atoms with van der Waals surface area (Å²) in [6.07, 6.45) is 5.83. The largest absolute Gasteiger partial charge is 0.490 e. The van der Waals surface area contributed by atoms with Gasteiger partial charge in [-0.2, -0.15) is 0 Å². The third-order valence-corrected chi connectivity index (χ3v) is 5.88. The van der Waals surface area contributed by atoms with Crippen molar-refractivity contribution >= 4 is 5.91 Å². The summed E-state index contributed by atoms with van der Waals surface area (Å²) in [7, 11) is 0. The van der Waals surface area contributed by atoms with E-state index < -0.39 is 0 Å². The number of pyridine rings is 1. The molecule has 2 fully saturated rings. The molecule has 0 bridgehead atoms. The van der Waals surface area contributed by atoms with Gasteiger partial charge in [-0.05, 0) is 62.1 Å². The molecule has 2 aromatic rings. The Labute approximate surface area is 172 Å². The minimum absolute atomic E-state index is 0.0891. The second kappa shape index (κ2) is 9.37. The van der Waals surface area contributed by atoms with Gasteiger partial charge in [0.05, 0.1) is 5.69 Å². The summed E-state index contributed by atoms with van der Waals surface area (Å²) >= 11 is 0. The second-order valence-corrected chi connectivity index (χ2v) is 8.07. The highest BCUT2D eigenvalue weighted by molar-refractivity contribution is 5.94. The third kappa shape index (κ3) is 5.34. The summed E-state index contributed by atoms with van der Waals surface area (Å²) < 4.78 is 6.16. The molecular weight excluding hydrogens is 364 g/mol. The Morgan fingerprint density at radius 3 is 2.38 bits per heavy atom. The lowest BCUT2D eigenvalue weighted by Gasteiger charge is -2.32. The Balaban J connectivity index is 1.25. The van der Waals surface area contributed by atoms with Crippen LogP contribution in [0, 0.1) is 0 Å². The van der Waals surface area contributed by atoms with Crippen LogP contribution in [-0.4, -0.2) is 59.0 Å². The van der Waals surface area contributed by atoms with E-state index in [1.807, 2.05) is 47.5 Å². The van der Waals surface area contributed by atoms with E-state index in [-0.39, 0.29) is 18.1 Å². The summed E-state index contributed by atoms with van der Waals surface area (Å²) in [5.41, 5.74) is 7.77. The van der Waals surface area contributed by atoms with Gasteiger partial charge in [0.25, 0.3) is 5.91 Å². The van der Waals surface area contributed by atoms with Gasteiger partial charge in [0.2, 0.25) is 0 Å². The molecule has 6 nitrogen and oxygen atoms in total. The summed E-state index contributed by atoms with van der Waals surface area (Å²) in [5, 5.41) is 0. The first-order chi connectivity index (χ1) is 14.2. The van der Waals surface area contributed by atoms with Crippen LogP contribution < -0.4 is 10.5 Å². The second-order valence-electron chi connectivity index (χ2n) is 8.07. The standard InChI is InChI=1S/C23H30N4O2/c24-19-8-15-27(16-9-19)23(28)18-4-6-21(7-5-18)29-22-10-13-26(14-11-22)17-20-3-1-2-12-25-20/h1-7,12,19,22H,8-11,13-17,24H2. The van der Waals surface area contributed by atoms with Gasteiger partial charge in [-0.1, -0.05) is 6.07 Å². The predicted octanol–water partition coefficient (Wildman–Crippen LogP) is 2.69. The average Bonchev–Trinajstić information content (AvgIpc) is 2.76. The highest BCUT2D eigenvalue weighted by atomic mass is 16.5. The monoisotopic (exact) mass is 394 g/mol. The lowest BCUT2D eigenvalue weighted by molar-refractivity contribution is 0.0714. The highest BCUT2D eigenvalue weighted by Crippen LogP contribution is 2.21. The van der Waals surface area contributed by atoms with Gasteiger partial charge in [0.1, 0.15) is 11.9 Å². The van der Waals surface area contributed by atoms with Crippen LogP contribution in [-0.2, 0) is 6.54 Å². The summed E-state index contributed by atoms with van der Waals surface area (Å²) in [6.45, 7) is 4.40. The Morgan fingerprint density at radius 1 is 1.00 bits per heavy atom. The number of ether oxygens (including phenoxy) is 1. The van der Waals surface area contributed by atoms with Gasteiger partial charge in [0.15, 0.2) is 0 Å². The molecule has 3 heterocycles. The number of hydrogen-bond donors (Lipinski definition) is 1. The fourth-order valence-electron chi connectivity index (χ4n) is 4.06. The van der Waals surface area contributed by atoms with Crippen LogP contribution in [0.25, 0.3) is 0 Å². The predicted molar refractivity (Wildman–Crippen MR) is 113 cm³/mol. The fraction of sp³-hybridized carbons (Fsp3) is 0.478. The number of aromatic nitrogens is 1. The molecule has 6 heteroatoms. The molecule has 29 heavy (non-hydrogen) atoms. The molecule has 2 aliphatic rings. The van der Waals surface area contributed by atoms with E-state index in [9.17, 15) is 4.79 Å². The maximum atomic E-state index is 12.6. The number of nitrogens with two attached hydrogens (primary N) is 1. The average molecular weight is 395 g/mol. The van der Waals surface area contributed by atoms with E-state index in [0.29, 0.717) is 0 Å². The lowest BCUT2D eigenvalue weighted by atomic mass is 10.0. The molecular formula is C23H30N4O2. The molecule has 0 saturated carbocycles. The molecule has 1 amide bonds. The van der Waals surface area contributed by atoms with Crippen molar-refractivity contribution < 1.29 is 9.53 Å². The number of rotatable bonds is 5. The van der Waals surface area contributed by atoms with Crippen molar-refractivity contribution in [2.75, 3.05) is 26.2 Å². The number of piperidine rings is 2. The Morgan fingerprint density at radius 2 is 1.72 bits per heavy atom. The molecule has 2 N–H and O–H groups in total. The van der Waals surface area contributed by atoms with Crippen LogP contribution in [0.4, 0.5) is 0 Å². The maximum absolute atomic E-state index is 12.6. The first-order valence-corrected chi connectivity index (χ1v) is 10.6. The van der Waals surface area contributed by atoms with Crippen molar-refractivity contribution in [3.8, 4) is 5.75 Å². The Bertz CT molecular complexity index is 780. The molecule has 2 aliphatic heterocycles. The van der Waals surface area contributed by atoms with Crippen molar-refractivity contribution in [2.24, 2.45) is 5.73 Å². The quantitative estimate of drug-likeness (QED) is 0.844. The van der Waals surface area contributed by atoms with Crippen molar-refractivity contribution in [1.82, 2.24) is 14.8 Å². The number of carbonyl (C=O) groups excluding carboxylic acids is 1. The maximum Gasteiger partial charge on any atom is 0.253 e. The van der Waals surface area contributed by atoms with E-state index in [4.69, 9.17) is 10.5 Å². The van der Waals surface area contributed by atoms with Crippen molar-refractivity contribution in [3.63, 3.8) is 0 Å². The van der Waals surface area contributed by atoms with Crippen LogP contribution in [0.1, 0.15) is 41.7 Å². The number of likely N-dealkylation sites (tertiary alicyclic amines) is 2. The summed E-state index contributed by atoms with van der Waals surface area (Å²) in [4.78, 5) is 21.4. The number of hydrogen-bond acceptors (Lipinski definition) is 5. The minimum atomic E-state index is 0.0891. The number of nitrogens with zero attached hydrogens (tertiary/aromatic N) is 3. The fourth-order valence-corrected chi connectivity index (χ4v) is 4.06. The van der Waals surface area contributed by atoms with E-state index in [1.54, 1.807) is 0 Å². The van der Waals surface area contributed by atoms with Crippen LogP contribution in [0.15, 0.2) is 48.7 Å². The molecule has 1 aromatic carbocycles. The van der Waals surface area contributed by atoms with Gasteiger partial charge in [-0.15, -0.1) is 0 Å². The number of amides is 1. The Kier molecular flexibility index (Phi) is 6.42. The number of benzene rings is 1. The lowest BCUT2D eigenvalue weighted by Crippen LogP contribution is -2.42.